The van der Waals surface area contributed by atoms with E-state index in [2.05, 4.69) is 0 Å². The quantitative estimate of drug-likeness (QED) is 0.811. The van der Waals surface area contributed by atoms with E-state index in [1.807, 2.05) is 13.0 Å². The first-order valence-electron chi connectivity index (χ1n) is 7.18. The summed E-state index contributed by atoms with van der Waals surface area (Å²) in [5.41, 5.74) is 0.796. The minimum atomic E-state index is -1.02. The normalized spacial score (nSPS) is 13.1. The largest absolute Gasteiger partial charge is 0.486 e. The maximum atomic E-state index is 12.1. The van der Waals surface area contributed by atoms with E-state index in [9.17, 15) is 9.59 Å². The smallest absolute Gasteiger partial charge is 0.323 e. The molecule has 1 aromatic carbocycles. The summed E-state index contributed by atoms with van der Waals surface area (Å²) in [5, 5.41) is 8.83. The summed E-state index contributed by atoms with van der Waals surface area (Å²) in [6.07, 6.45) is 3.73. The van der Waals surface area contributed by atoms with Crippen molar-refractivity contribution in [3.05, 3.63) is 29.8 Å². The highest BCUT2D eigenvalue weighted by Gasteiger charge is 2.14. The highest BCUT2D eigenvalue weighted by Crippen LogP contribution is 2.31. The van der Waals surface area contributed by atoms with Gasteiger partial charge < -0.3 is 19.5 Å². The van der Waals surface area contributed by atoms with Crippen molar-refractivity contribution in [2.45, 2.75) is 13.3 Å². The number of amides is 1. The van der Waals surface area contributed by atoms with Gasteiger partial charge in [0, 0.05) is 12.6 Å². The molecule has 0 spiro atoms. The monoisotopic (exact) mass is 305 g/mol. The number of benzene rings is 1. The molecular formula is C16H19NO5. The van der Waals surface area contributed by atoms with E-state index in [-0.39, 0.29) is 12.5 Å². The summed E-state index contributed by atoms with van der Waals surface area (Å²) in [6.45, 7) is 3.05. The van der Waals surface area contributed by atoms with Gasteiger partial charge in [0.1, 0.15) is 19.8 Å². The van der Waals surface area contributed by atoms with Crippen molar-refractivity contribution in [1.82, 2.24) is 4.90 Å². The molecule has 22 heavy (non-hydrogen) atoms. The summed E-state index contributed by atoms with van der Waals surface area (Å²) in [6, 6.07) is 5.40. The molecule has 0 saturated heterocycles. The second kappa shape index (κ2) is 7.49. The van der Waals surface area contributed by atoms with Gasteiger partial charge in [-0.1, -0.05) is 13.0 Å². The molecule has 6 nitrogen and oxygen atoms in total. The predicted octanol–water partition coefficient (Wildman–Crippen LogP) is 1.79. The number of hydrogen-bond acceptors (Lipinski definition) is 4. The second-order valence-electron chi connectivity index (χ2n) is 4.89. The van der Waals surface area contributed by atoms with E-state index in [0.29, 0.717) is 37.7 Å². The van der Waals surface area contributed by atoms with Crippen LogP contribution in [0.1, 0.15) is 18.9 Å². The van der Waals surface area contributed by atoms with E-state index in [0.717, 1.165) is 5.56 Å². The van der Waals surface area contributed by atoms with Crippen molar-refractivity contribution in [3.63, 3.8) is 0 Å². The molecule has 0 radical (unpaired) electrons. The lowest BCUT2D eigenvalue weighted by molar-refractivity contribution is -0.142. The van der Waals surface area contributed by atoms with Crippen molar-refractivity contribution >= 4 is 18.0 Å². The zero-order valence-corrected chi connectivity index (χ0v) is 12.4. The lowest BCUT2D eigenvalue weighted by Gasteiger charge is -2.19. The van der Waals surface area contributed by atoms with Gasteiger partial charge in [0.2, 0.25) is 5.91 Å². The number of aliphatic carboxylic acids is 1. The standard InChI is InChI=1S/C16H19NO5/c1-2-7-17(11-16(19)20)15(18)6-4-12-3-5-13-14(10-12)22-9-8-21-13/h3-6,10H,2,7-9,11H2,1H3,(H,19,20)/b6-4+. The first kappa shape index (κ1) is 15.9. The fraction of sp³-hybridized carbons (Fsp3) is 0.375. The average Bonchev–Trinajstić information content (AvgIpc) is 2.51. The van der Waals surface area contributed by atoms with E-state index in [1.165, 1.54) is 11.0 Å². The van der Waals surface area contributed by atoms with Gasteiger partial charge in [0.05, 0.1) is 0 Å². The Balaban J connectivity index is 2.06. The zero-order valence-electron chi connectivity index (χ0n) is 12.4. The molecule has 1 aromatic rings. The van der Waals surface area contributed by atoms with Crippen molar-refractivity contribution in [2.24, 2.45) is 0 Å². The van der Waals surface area contributed by atoms with Gasteiger partial charge in [0.25, 0.3) is 0 Å². The van der Waals surface area contributed by atoms with Crippen LogP contribution in [0.2, 0.25) is 0 Å². The maximum absolute atomic E-state index is 12.1. The number of ether oxygens (including phenoxy) is 2. The number of carbonyl (C=O) groups is 2. The van der Waals surface area contributed by atoms with Crippen molar-refractivity contribution < 1.29 is 24.2 Å². The minimum absolute atomic E-state index is 0.293. The molecule has 0 unspecified atom stereocenters. The van der Waals surface area contributed by atoms with Crippen LogP contribution in [0.3, 0.4) is 0 Å². The molecule has 0 bridgehead atoms. The molecule has 1 aliphatic heterocycles. The van der Waals surface area contributed by atoms with Crippen LogP contribution < -0.4 is 9.47 Å². The topological polar surface area (TPSA) is 76.1 Å². The van der Waals surface area contributed by atoms with Crippen molar-refractivity contribution in [1.29, 1.82) is 0 Å². The second-order valence-corrected chi connectivity index (χ2v) is 4.89. The van der Waals surface area contributed by atoms with Crippen LogP contribution >= 0.6 is 0 Å². The third kappa shape index (κ3) is 4.25. The fourth-order valence-corrected chi connectivity index (χ4v) is 2.14. The molecule has 1 aliphatic rings. The molecule has 0 atom stereocenters. The molecule has 1 N–H and O–H groups in total. The lowest BCUT2D eigenvalue weighted by Crippen LogP contribution is -2.35. The van der Waals surface area contributed by atoms with Crippen LogP contribution in [-0.4, -0.2) is 48.2 Å². The van der Waals surface area contributed by atoms with Crippen LogP contribution in [-0.2, 0) is 9.59 Å². The Bertz CT molecular complexity index is 582. The number of fused-ring (bicyclic) bond motifs is 1. The number of carboxylic acids is 1. The van der Waals surface area contributed by atoms with Crippen LogP contribution in [0.25, 0.3) is 6.08 Å². The first-order chi connectivity index (χ1) is 10.6. The Morgan fingerprint density at radius 3 is 2.68 bits per heavy atom. The molecule has 6 heteroatoms. The number of nitrogens with zero attached hydrogens (tertiary/aromatic N) is 1. The van der Waals surface area contributed by atoms with Gasteiger partial charge in [-0.15, -0.1) is 0 Å². The molecular weight excluding hydrogens is 286 g/mol. The Kier molecular flexibility index (Phi) is 5.41. The summed E-state index contributed by atoms with van der Waals surface area (Å²) in [4.78, 5) is 24.1. The zero-order chi connectivity index (χ0) is 15.9. The van der Waals surface area contributed by atoms with Crippen molar-refractivity contribution in [2.75, 3.05) is 26.3 Å². The van der Waals surface area contributed by atoms with E-state index < -0.39 is 5.97 Å². The Labute approximate surface area is 128 Å². The molecule has 0 fully saturated rings. The third-order valence-corrected chi connectivity index (χ3v) is 3.12. The van der Waals surface area contributed by atoms with Crippen LogP contribution in [0.15, 0.2) is 24.3 Å². The first-order valence-corrected chi connectivity index (χ1v) is 7.18. The summed E-state index contributed by atoms with van der Waals surface area (Å²) >= 11 is 0. The Morgan fingerprint density at radius 2 is 2.00 bits per heavy atom. The van der Waals surface area contributed by atoms with Gasteiger partial charge >= 0.3 is 5.97 Å². The molecule has 0 aromatic heterocycles. The fourth-order valence-electron chi connectivity index (χ4n) is 2.14. The third-order valence-electron chi connectivity index (χ3n) is 3.12. The SMILES string of the molecule is CCCN(CC(=O)O)C(=O)/C=C/c1ccc2c(c1)OCCO2. The predicted molar refractivity (Wildman–Crippen MR) is 81.0 cm³/mol. The average molecular weight is 305 g/mol. The van der Waals surface area contributed by atoms with Crippen molar-refractivity contribution in [3.8, 4) is 11.5 Å². The van der Waals surface area contributed by atoms with Crippen LogP contribution in [0.4, 0.5) is 0 Å². The molecule has 0 aliphatic carbocycles. The van der Waals surface area contributed by atoms with Crippen LogP contribution in [0, 0.1) is 0 Å². The van der Waals surface area contributed by atoms with Gasteiger partial charge in [-0.05, 0) is 30.2 Å². The molecule has 2 rings (SSSR count). The Hall–Kier alpha value is -2.50. The van der Waals surface area contributed by atoms with E-state index in [1.54, 1.807) is 18.2 Å². The highest BCUT2D eigenvalue weighted by molar-refractivity contribution is 5.93. The Morgan fingerprint density at radius 1 is 1.27 bits per heavy atom. The highest BCUT2D eigenvalue weighted by atomic mass is 16.6. The minimum Gasteiger partial charge on any atom is -0.486 e. The van der Waals surface area contributed by atoms with Gasteiger partial charge in [-0.25, -0.2) is 0 Å². The summed E-state index contributed by atoms with van der Waals surface area (Å²) < 4.78 is 10.9. The number of hydrogen-bond donors (Lipinski definition) is 1. The molecule has 1 heterocycles. The molecule has 118 valence electrons. The van der Waals surface area contributed by atoms with E-state index in [4.69, 9.17) is 14.6 Å². The number of carboxylic acid groups (broad SMARTS) is 1. The van der Waals surface area contributed by atoms with Crippen LogP contribution in [0.5, 0.6) is 11.5 Å². The summed E-state index contributed by atoms with van der Waals surface area (Å²) in [7, 11) is 0. The lowest BCUT2D eigenvalue weighted by atomic mass is 10.1. The summed E-state index contributed by atoms with van der Waals surface area (Å²) in [5.74, 6) is -0.00122. The van der Waals surface area contributed by atoms with Gasteiger partial charge in [-0.3, -0.25) is 9.59 Å². The van der Waals surface area contributed by atoms with Gasteiger partial charge in [-0.2, -0.15) is 0 Å². The maximum Gasteiger partial charge on any atom is 0.323 e. The van der Waals surface area contributed by atoms with Gasteiger partial charge in [0.15, 0.2) is 11.5 Å². The number of carbonyl (C=O) groups excluding carboxylic acids is 1. The van der Waals surface area contributed by atoms with E-state index >= 15 is 0 Å². The number of rotatable bonds is 6. The molecule has 1 amide bonds. The molecule has 0 saturated carbocycles.